The van der Waals surface area contributed by atoms with Crippen molar-refractivity contribution in [3.8, 4) is 11.5 Å². The quantitative estimate of drug-likeness (QED) is 0.871. The fraction of sp³-hybridized carbons (Fsp3) is 0.562. The molecule has 1 saturated carbocycles. The lowest BCUT2D eigenvalue weighted by Crippen LogP contribution is -2.39. The number of ether oxygens (including phenoxy) is 2. The van der Waals surface area contributed by atoms with Gasteiger partial charge in [-0.2, -0.15) is 8.78 Å². The van der Waals surface area contributed by atoms with Crippen LogP contribution in [0.15, 0.2) is 18.2 Å². The number of hydrogen-bond acceptors (Lipinski definition) is 4. The van der Waals surface area contributed by atoms with Gasteiger partial charge in [0.1, 0.15) is 0 Å². The van der Waals surface area contributed by atoms with Crippen LogP contribution in [0.3, 0.4) is 0 Å². The fourth-order valence-electron chi connectivity index (χ4n) is 2.94. The van der Waals surface area contributed by atoms with Crippen LogP contribution in [0.5, 0.6) is 11.5 Å². The van der Waals surface area contributed by atoms with E-state index in [1.54, 1.807) is 24.1 Å². The summed E-state index contributed by atoms with van der Waals surface area (Å²) in [6.07, 6.45) is 2.62. The predicted octanol–water partition coefficient (Wildman–Crippen LogP) is 2.38. The number of rotatable bonds is 6. The Bertz CT molecular complexity index is 554. The summed E-state index contributed by atoms with van der Waals surface area (Å²) in [5.74, 6) is 0.0106. The highest BCUT2D eigenvalue weighted by atomic mass is 19.3. The van der Waals surface area contributed by atoms with Gasteiger partial charge in [0.2, 0.25) is 5.91 Å². The number of hydrogen-bond donors (Lipinski definition) is 1. The highest BCUT2D eigenvalue weighted by Gasteiger charge is 2.32. The van der Waals surface area contributed by atoms with Crippen LogP contribution in [0.2, 0.25) is 0 Å². The van der Waals surface area contributed by atoms with Gasteiger partial charge in [-0.15, -0.1) is 0 Å². The van der Waals surface area contributed by atoms with E-state index in [0.29, 0.717) is 12.1 Å². The second kappa shape index (κ2) is 7.59. The minimum Gasteiger partial charge on any atom is -0.493 e. The highest BCUT2D eigenvalue weighted by molar-refractivity contribution is 5.79. The van der Waals surface area contributed by atoms with Crippen molar-refractivity contribution >= 4 is 5.91 Å². The van der Waals surface area contributed by atoms with E-state index in [9.17, 15) is 13.6 Å². The zero-order valence-corrected chi connectivity index (χ0v) is 13.3. The molecule has 1 aliphatic rings. The summed E-state index contributed by atoms with van der Waals surface area (Å²) in [5, 5.41) is 0. The van der Waals surface area contributed by atoms with E-state index < -0.39 is 6.61 Å². The van der Waals surface area contributed by atoms with Gasteiger partial charge in [0, 0.05) is 19.6 Å². The van der Waals surface area contributed by atoms with Gasteiger partial charge in [-0.25, -0.2) is 0 Å². The van der Waals surface area contributed by atoms with Crippen molar-refractivity contribution in [2.45, 2.75) is 38.5 Å². The number of carbonyl (C=O) groups is 1. The lowest BCUT2D eigenvalue weighted by atomic mass is 10.0. The topological polar surface area (TPSA) is 64.8 Å². The molecule has 128 valence electrons. The largest absolute Gasteiger partial charge is 0.493 e. The number of benzene rings is 1. The first-order chi connectivity index (χ1) is 10.9. The molecule has 1 aromatic rings. The normalized spacial score (nSPS) is 20.6. The van der Waals surface area contributed by atoms with E-state index >= 15 is 0 Å². The number of amides is 1. The maximum Gasteiger partial charge on any atom is 0.387 e. The molecule has 0 saturated heterocycles. The molecule has 0 unspecified atom stereocenters. The Hall–Kier alpha value is -1.89. The summed E-state index contributed by atoms with van der Waals surface area (Å²) in [4.78, 5) is 14.0. The van der Waals surface area contributed by atoms with Crippen LogP contribution in [0.4, 0.5) is 8.78 Å². The Balaban J connectivity index is 2.08. The standard InChI is InChI=1S/C16H22F2N2O3/c1-20(15(21)11-4-3-5-12(11)19)9-10-6-7-13(22-2)14(8-10)23-16(17)18/h6-8,11-12,16H,3-5,9,19H2,1-2H3/t11-,12-/m0/s1. The molecule has 5 nitrogen and oxygen atoms in total. The Morgan fingerprint density at radius 2 is 2.13 bits per heavy atom. The second-order valence-corrected chi connectivity index (χ2v) is 5.76. The second-order valence-electron chi connectivity index (χ2n) is 5.76. The zero-order valence-electron chi connectivity index (χ0n) is 13.3. The third kappa shape index (κ3) is 4.31. The average Bonchev–Trinajstić information content (AvgIpc) is 2.92. The summed E-state index contributed by atoms with van der Waals surface area (Å²) in [6, 6.07) is 4.63. The van der Waals surface area contributed by atoms with E-state index in [2.05, 4.69) is 4.74 Å². The van der Waals surface area contributed by atoms with Crippen molar-refractivity contribution in [2.75, 3.05) is 14.2 Å². The summed E-state index contributed by atoms with van der Waals surface area (Å²) in [5.41, 5.74) is 6.64. The van der Waals surface area contributed by atoms with Crippen molar-refractivity contribution in [1.29, 1.82) is 0 Å². The SMILES string of the molecule is COc1ccc(CN(C)C(=O)[C@H]2CCC[C@@H]2N)cc1OC(F)F. The molecule has 1 aliphatic carbocycles. The van der Waals surface area contributed by atoms with Crippen molar-refractivity contribution in [3.63, 3.8) is 0 Å². The smallest absolute Gasteiger partial charge is 0.387 e. The van der Waals surface area contributed by atoms with Gasteiger partial charge in [-0.1, -0.05) is 12.5 Å². The number of alkyl halides is 2. The van der Waals surface area contributed by atoms with Crippen LogP contribution >= 0.6 is 0 Å². The Kier molecular flexibility index (Phi) is 5.76. The number of methoxy groups -OCH3 is 1. The van der Waals surface area contributed by atoms with E-state index in [4.69, 9.17) is 10.5 Å². The number of halogens is 2. The van der Waals surface area contributed by atoms with Crippen LogP contribution in [0.25, 0.3) is 0 Å². The number of carbonyl (C=O) groups excluding carboxylic acids is 1. The van der Waals surface area contributed by atoms with Crippen LogP contribution in [0, 0.1) is 5.92 Å². The van der Waals surface area contributed by atoms with Crippen LogP contribution < -0.4 is 15.2 Å². The first-order valence-electron chi connectivity index (χ1n) is 7.54. The minimum atomic E-state index is -2.94. The number of nitrogens with zero attached hydrogens (tertiary/aromatic N) is 1. The average molecular weight is 328 g/mol. The molecule has 23 heavy (non-hydrogen) atoms. The van der Waals surface area contributed by atoms with E-state index in [1.165, 1.54) is 13.2 Å². The lowest BCUT2D eigenvalue weighted by molar-refractivity contribution is -0.134. The van der Waals surface area contributed by atoms with E-state index in [-0.39, 0.29) is 29.4 Å². The molecule has 0 bridgehead atoms. The van der Waals surface area contributed by atoms with Crippen molar-refractivity contribution < 1.29 is 23.0 Å². The molecule has 2 rings (SSSR count). The van der Waals surface area contributed by atoms with Gasteiger partial charge < -0.3 is 20.1 Å². The van der Waals surface area contributed by atoms with Gasteiger partial charge in [-0.05, 0) is 30.5 Å². The monoisotopic (exact) mass is 328 g/mol. The first kappa shape index (κ1) is 17.5. The molecule has 1 aromatic carbocycles. The van der Waals surface area contributed by atoms with Gasteiger partial charge in [0.25, 0.3) is 0 Å². The van der Waals surface area contributed by atoms with E-state index in [0.717, 1.165) is 19.3 Å². The van der Waals surface area contributed by atoms with Crippen molar-refractivity contribution in [2.24, 2.45) is 11.7 Å². The summed E-state index contributed by atoms with van der Waals surface area (Å²) in [7, 11) is 3.07. The number of nitrogens with two attached hydrogens (primary N) is 1. The zero-order chi connectivity index (χ0) is 17.0. The Morgan fingerprint density at radius 1 is 1.39 bits per heavy atom. The Labute approximate surface area is 134 Å². The van der Waals surface area contributed by atoms with Gasteiger partial charge >= 0.3 is 6.61 Å². The molecule has 1 fully saturated rings. The van der Waals surface area contributed by atoms with Crippen molar-refractivity contribution in [3.05, 3.63) is 23.8 Å². The Morgan fingerprint density at radius 3 is 2.70 bits per heavy atom. The third-order valence-electron chi connectivity index (χ3n) is 4.13. The molecule has 2 N–H and O–H groups in total. The van der Waals surface area contributed by atoms with Gasteiger partial charge in [0.15, 0.2) is 11.5 Å². The minimum absolute atomic E-state index is 0.0119. The maximum absolute atomic E-state index is 12.5. The fourth-order valence-corrected chi connectivity index (χ4v) is 2.94. The predicted molar refractivity (Wildman–Crippen MR) is 81.4 cm³/mol. The molecule has 0 radical (unpaired) electrons. The molecule has 2 atom stereocenters. The lowest BCUT2D eigenvalue weighted by Gasteiger charge is -2.24. The molecular formula is C16H22F2N2O3. The van der Waals surface area contributed by atoms with Crippen LogP contribution in [-0.4, -0.2) is 37.6 Å². The van der Waals surface area contributed by atoms with Crippen LogP contribution in [0.1, 0.15) is 24.8 Å². The van der Waals surface area contributed by atoms with Crippen LogP contribution in [-0.2, 0) is 11.3 Å². The summed E-state index contributed by atoms with van der Waals surface area (Å²) >= 11 is 0. The molecule has 0 spiro atoms. The summed E-state index contributed by atoms with van der Waals surface area (Å²) < 4.78 is 34.3. The molecule has 0 aromatic heterocycles. The van der Waals surface area contributed by atoms with E-state index in [1.807, 2.05) is 0 Å². The first-order valence-corrected chi connectivity index (χ1v) is 7.54. The maximum atomic E-state index is 12.5. The molecular weight excluding hydrogens is 306 g/mol. The molecule has 0 aliphatic heterocycles. The molecule has 7 heteroatoms. The molecule has 1 amide bonds. The van der Waals surface area contributed by atoms with Gasteiger partial charge in [0.05, 0.1) is 13.0 Å². The third-order valence-corrected chi connectivity index (χ3v) is 4.13. The van der Waals surface area contributed by atoms with Gasteiger partial charge in [-0.3, -0.25) is 4.79 Å². The highest BCUT2D eigenvalue weighted by Crippen LogP contribution is 2.30. The summed E-state index contributed by atoms with van der Waals surface area (Å²) in [6.45, 7) is -2.64. The molecule has 0 heterocycles. The van der Waals surface area contributed by atoms with Crippen molar-refractivity contribution in [1.82, 2.24) is 4.90 Å².